The van der Waals surface area contributed by atoms with Gasteiger partial charge < -0.3 is 14.6 Å². The van der Waals surface area contributed by atoms with Gasteiger partial charge in [0.1, 0.15) is 6.10 Å². The van der Waals surface area contributed by atoms with E-state index in [-0.39, 0.29) is 12.2 Å². The average Bonchev–Trinajstić information content (AvgIpc) is 3.04. The van der Waals surface area contributed by atoms with Crippen LogP contribution in [0.5, 0.6) is 0 Å². The van der Waals surface area contributed by atoms with Gasteiger partial charge in [0.15, 0.2) is 0 Å². The molecule has 0 radical (unpaired) electrons. The summed E-state index contributed by atoms with van der Waals surface area (Å²) in [4.78, 5) is 4.46. The van der Waals surface area contributed by atoms with E-state index in [1.165, 1.54) is 0 Å². The molecule has 7 nitrogen and oxygen atoms in total. The molecule has 7 heteroatoms. The molecular formula is C13H19N5O2. The Bertz CT molecular complexity index is 591. The van der Waals surface area contributed by atoms with Crippen LogP contribution in [0.2, 0.25) is 0 Å². The highest BCUT2D eigenvalue weighted by Gasteiger charge is 2.26. The lowest BCUT2D eigenvalue weighted by atomic mass is 10.2. The highest BCUT2D eigenvalue weighted by atomic mass is 16.5. The lowest BCUT2D eigenvalue weighted by Crippen LogP contribution is -2.39. The van der Waals surface area contributed by atoms with Crippen molar-refractivity contribution in [3.63, 3.8) is 0 Å². The van der Waals surface area contributed by atoms with E-state index in [4.69, 9.17) is 9.26 Å². The summed E-state index contributed by atoms with van der Waals surface area (Å²) in [6.07, 6.45) is 2.71. The Hall–Kier alpha value is -1.73. The van der Waals surface area contributed by atoms with Crippen LogP contribution in [-0.4, -0.2) is 39.1 Å². The van der Waals surface area contributed by atoms with Crippen molar-refractivity contribution in [2.45, 2.75) is 32.5 Å². The Balaban J connectivity index is 1.86. The number of nitrogens with one attached hydrogen (secondary N) is 1. The van der Waals surface area contributed by atoms with Crippen LogP contribution in [0.25, 0.3) is 11.4 Å². The summed E-state index contributed by atoms with van der Waals surface area (Å²) in [5, 5.41) is 11.7. The summed E-state index contributed by atoms with van der Waals surface area (Å²) in [6, 6.07) is 0. The Morgan fingerprint density at radius 1 is 1.45 bits per heavy atom. The first-order chi connectivity index (χ1) is 9.67. The standard InChI is InChI=1S/C13H19N5O2/c1-4-10-9(7-18(3)16-10)12-15-13(20-17-12)11-6-14-5-8(2)19-11/h7-8,11,14H,4-6H2,1-3H3/t8-,11-/m1/s1. The number of nitrogens with zero attached hydrogens (tertiary/aromatic N) is 4. The van der Waals surface area contributed by atoms with Gasteiger partial charge in [-0.05, 0) is 13.3 Å². The van der Waals surface area contributed by atoms with Gasteiger partial charge in [0.25, 0.3) is 5.89 Å². The van der Waals surface area contributed by atoms with Gasteiger partial charge in [-0.15, -0.1) is 0 Å². The largest absolute Gasteiger partial charge is 0.363 e. The highest BCUT2D eigenvalue weighted by molar-refractivity contribution is 5.56. The molecule has 2 atom stereocenters. The van der Waals surface area contributed by atoms with Crippen LogP contribution < -0.4 is 5.32 Å². The van der Waals surface area contributed by atoms with Crippen LogP contribution in [-0.2, 0) is 18.2 Å². The molecule has 0 saturated carbocycles. The van der Waals surface area contributed by atoms with Gasteiger partial charge in [-0.2, -0.15) is 10.1 Å². The molecule has 0 amide bonds. The highest BCUT2D eigenvalue weighted by Crippen LogP contribution is 2.24. The van der Waals surface area contributed by atoms with Crippen molar-refractivity contribution >= 4 is 0 Å². The van der Waals surface area contributed by atoms with E-state index < -0.39 is 0 Å². The lowest BCUT2D eigenvalue weighted by Gasteiger charge is -2.25. The van der Waals surface area contributed by atoms with Gasteiger partial charge in [-0.3, -0.25) is 4.68 Å². The third-order valence-electron chi connectivity index (χ3n) is 3.36. The fourth-order valence-electron chi connectivity index (χ4n) is 2.40. The van der Waals surface area contributed by atoms with Crippen molar-refractivity contribution < 1.29 is 9.26 Å². The predicted molar refractivity (Wildman–Crippen MR) is 72.0 cm³/mol. The molecule has 1 aliphatic rings. The third kappa shape index (κ3) is 2.46. The van der Waals surface area contributed by atoms with E-state index in [9.17, 15) is 0 Å². The van der Waals surface area contributed by atoms with E-state index in [1.807, 2.05) is 20.2 Å². The predicted octanol–water partition coefficient (Wildman–Crippen LogP) is 1.08. The lowest BCUT2D eigenvalue weighted by molar-refractivity contribution is -0.0438. The monoisotopic (exact) mass is 277 g/mol. The van der Waals surface area contributed by atoms with Crippen molar-refractivity contribution in [2.24, 2.45) is 7.05 Å². The fourth-order valence-corrected chi connectivity index (χ4v) is 2.40. The van der Waals surface area contributed by atoms with Gasteiger partial charge >= 0.3 is 0 Å². The molecule has 0 aromatic carbocycles. The van der Waals surface area contributed by atoms with Crippen molar-refractivity contribution in [2.75, 3.05) is 13.1 Å². The van der Waals surface area contributed by atoms with Crippen LogP contribution in [0.3, 0.4) is 0 Å². The number of hydrogen-bond acceptors (Lipinski definition) is 6. The smallest absolute Gasteiger partial charge is 0.257 e. The summed E-state index contributed by atoms with van der Waals surface area (Å²) in [6.45, 7) is 5.62. The molecule has 108 valence electrons. The second kappa shape index (κ2) is 5.34. The maximum Gasteiger partial charge on any atom is 0.257 e. The van der Waals surface area contributed by atoms with Crippen LogP contribution in [0.4, 0.5) is 0 Å². The first-order valence-electron chi connectivity index (χ1n) is 6.90. The molecule has 0 unspecified atom stereocenters. The van der Waals surface area contributed by atoms with E-state index in [1.54, 1.807) is 4.68 Å². The van der Waals surface area contributed by atoms with Crippen molar-refractivity contribution in [3.05, 3.63) is 17.8 Å². The zero-order valence-corrected chi connectivity index (χ0v) is 12.0. The van der Waals surface area contributed by atoms with Crippen molar-refractivity contribution in [3.8, 4) is 11.4 Å². The Labute approximate surface area is 117 Å². The normalized spacial score (nSPS) is 23.1. The molecule has 3 heterocycles. The molecule has 0 bridgehead atoms. The van der Waals surface area contributed by atoms with E-state index in [0.29, 0.717) is 18.3 Å². The molecule has 1 N–H and O–H groups in total. The molecule has 2 aromatic rings. The second-order valence-electron chi connectivity index (χ2n) is 5.07. The number of aryl methyl sites for hydroxylation is 2. The van der Waals surface area contributed by atoms with Gasteiger partial charge in [-0.25, -0.2) is 0 Å². The average molecular weight is 277 g/mol. The maximum absolute atomic E-state index is 5.80. The zero-order valence-electron chi connectivity index (χ0n) is 12.0. The van der Waals surface area contributed by atoms with Crippen LogP contribution in [0.1, 0.15) is 31.5 Å². The molecular weight excluding hydrogens is 258 g/mol. The van der Waals surface area contributed by atoms with E-state index >= 15 is 0 Å². The Kier molecular flexibility index (Phi) is 3.54. The van der Waals surface area contributed by atoms with Crippen LogP contribution >= 0.6 is 0 Å². The van der Waals surface area contributed by atoms with E-state index in [0.717, 1.165) is 24.2 Å². The minimum absolute atomic E-state index is 0.147. The third-order valence-corrected chi connectivity index (χ3v) is 3.36. The Morgan fingerprint density at radius 3 is 3.05 bits per heavy atom. The second-order valence-corrected chi connectivity index (χ2v) is 5.07. The molecule has 1 aliphatic heterocycles. The first kappa shape index (κ1) is 13.3. The number of rotatable bonds is 3. The number of aromatic nitrogens is 4. The maximum atomic E-state index is 5.80. The quantitative estimate of drug-likeness (QED) is 0.904. The van der Waals surface area contributed by atoms with Gasteiger partial charge in [-0.1, -0.05) is 12.1 Å². The fraction of sp³-hybridized carbons (Fsp3) is 0.615. The molecule has 1 fully saturated rings. The zero-order chi connectivity index (χ0) is 14.1. The summed E-state index contributed by atoms with van der Waals surface area (Å²) in [5.41, 5.74) is 1.89. The summed E-state index contributed by atoms with van der Waals surface area (Å²) in [7, 11) is 1.89. The molecule has 1 saturated heterocycles. The first-order valence-corrected chi connectivity index (χ1v) is 6.90. The van der Waals surface area contributed by atoms with Gasteiger partial charge in [0.2, 0.25) is 5.82 Å². The summed E-state index contributed by atoms with van der Waals surface area (Å²) < 4.78 is 12.9. The van der Waals surface area contributed by atoms with Crippen molar-refractivity contribution in [1.29, 1.82) is 0 Å². The van der Waals surface area contributed by atoms with E-state index in [2.05, 4.69) is 27.5 Å². The molecule has 3 rings (SSSR count). The Morgan fingerprint density at radius 2 is 2.30 bits per heavy atom. The number of hydrogen-bond donors (Lipinski definition) is 1. The minimum Gasteiger partial charge on any atom is -0.363 e. The molecule has 2 aromatic heterocycles. The molecule has 0 aliphatic carbocycles. The van der Waals surface area contributed by atoms with Gasteiger partial charge in [0.05, 0.1) is 17.4 Å². The SMILES string of the molecule is CCc1nn(C)cc1-c1noc([C@H]2CNC[C@@H](C)O2)n1. The summed E-state index contributed by atoms with van der Waals surface area (Å²) in [5.74, 6) is 1.09. The number of morpholine rings is 1. The molecule has 20 heavy (non-hydrogen) atoms. The van der Waals surface area contributed by atoms with Crippen molar-refractivity contribution in [1.82, 2.24) is 25.2 Å². The summed E-state index contributed by atoms with van der Waals surface area (Å²) >= 11 is 0. The topological polar surface area (TPSA) is 78.0 Å². The molecule has 0 spiro atoms. The van der Waals surface area contributed by atoms with Gasteiger partial charge in [0, 0.05) is 26.3 Å². The minimum atomic E-state index is -0.179. The number of ether oxygens (including phenoxy) is 1. The van der Waals surface area contributed by atoms with Crippen LogP contribution in [0.15, 0.2) is 10.7 Å². The van der Waals surface area contributed by atoms with Crippen LogP contribution in [0, 0.1) is 0 Å².